The molecule has 0 aliphatic heterocycles. The number of aromatic nitrogens is 2. The Morgan fingerprint density at radius 1 is 1.55 bits per heavy atom. The summed E-state index contributed by atoms with van der Waals surface area (Å²) >= 11 is 0. The second-order valence-corrected chi connectivity index (χ2v) is 1.89. The van der Waals surface area contributed by atoms with Gasteiger partial charge >= 0.3 is 6.18 Å². The molecule has 1 rings (SSSR count). The van der Waals surface area contributed by atoms with Crippen LogP contribution in [-0.4, -0.2) is 15.1 Å². The van der Waals surface area contributed by atoms with Crippen molar-refractivity contribution in [3.8, 4) is 0 Å². The lowest BCUT2D eigenvalue weighted by molar-refractivity contribution is -0.142. The van der Waals surface area contributed by atoms with E-state index in [0.29, 0.717) is 0 Å². The van der Waals surface area contributed by atoms with Crippen LogP contribution in [-0.2, 0) is 12.8 Å². The van der Waals surface area contributed by atoms with Gasteiger partial charge in [-0.25, -0.2) is 4.98 Å². The van der Waals surface area contributed by atoms with Crippen LogP contribution in [0.5, 0.6) is 0 Å². The quantitative estimate of drug-likeness (QED) is 0.651. The van der Waals surface area contributed by atoms with Crippen molar-refractivity contribution in [2.45, 2.75) is 12.8 Å². The molecule has 1 heterocycles. The molecule has 0 bridgehead atoms. The van der Waals surface area contributed by atoms with Crippen molar-refractivity contribution in [3.63, 3.8) is 0 Å². The third-order valence-corrected chi connectivity index (χ3v) is 1.14. The smallest absolute Gasteiger partial charge is 0.390 e. The minimum absolute atomic E-state index is 0.308. The lowest BCUT2D eigenvalue weighted by Gasteiger charge is -2.03. The number of hydrogen-bond donors (Lipinski definition) is 2. The number of aliphatic hydroxyl groups is 1. The SMILES string of the molecule is OCc1[nH]cnc1C(F)(F)F. The summed E-state index contributed by atoms with van der Waals surface area (Å²) in [5, 5.41) is 8.40. The molecule has 0 amide bonds. The van der Waals surface area contributed by atoms with E-state index in [9.17, 15) is 13.2 Å². The second-order valence-electron chi connectivity index (χ2n) is 1.89. The molecular weight excluding hydrogens is 161 g/mol. The number of nitrogens with zero attached hydrogens (tertiary/aromatic N) is 1. The standard InChI is InChI=1S/C5H5F3N2O/c6-5(7,8)4-3(1-11)9-2-10-4/h2,11H,1H2,(H,9,10). The Morgan fingerprint density at radius 3 is 2.55 bits per heavy atom. The lowest BCUT2D eigenvalue weighted by atomic mass is 10.3. The van der Waals surface area contributed by atoms with E-state index < -0.39 is 18.5 Å². The summed E-state index contributed by atoms with van der Waals surface area (Å²) in [6.45, 7) is -0.686. The molecule has 3 nitrogen and oxygen atoms in total. The van der Waals surface area contributed by atoms with Crippen molar-refractivity contribution in [2.75, 3.05) is 0 Å². The summed E-state index contributed by atoms with van der Waals surface area (Å²) in [5.74, 6) is 0. The van der Waals surface area contributed by atoms with Gasteiger partial charge in [-0.2, -0.15) is 13.2 Å². The van der Waals surface area contributed by atoms with Gasteiger partial charge in [0.2, 0.25) is 0 Å². The van der Waals surface area contributed by atoms with E-state index in [0.717, 1.165) is 6.33 Å². The molecule has 2 N–H and O–H groups in total. The second kappa shape index (κ2) is 2.54. The molecule has 6 heteroatoms. The van der Waals surface area contributed by atoms with Gasteiger partial charge in [0.05, 0.1) is 18.6 Å². The molecular formula is C5H5F3N2O. The Balaban J connectivity index is 3.02. The fourth-order valence-corrected chi connectivity index (χ4v) is 0.686. The highest BCUT2D eigenvalue weighted by Gasteiger charge is 2.35. The van der Waals surface area contributed by atoms with Crippen LogP contribution in [0.2, 0.25) is 0 Å². The highest BCUT2D eigenvalue weighted by atomic mass is 19.4. The van der Waals surface area contributed by atoms with E-state index in [1.165, 1.54) is 0 Å². The van der Waals surface area contributed by atoms with E-state index in [2.05, 4.69) is 9.97 Å². The Kier molecular flexibility index (Phi) is 1.86. The van der Waals surface area contributed by atoms with Crippen molar-refractivity contribution in [3.05, 3.63) is 17.7 Å². The number of hydrogen-bond acceptors (Lipinski definition) is 2. The fraction of sp³-hybridized carbons (Fsp3) is 0.400. The van der Waals surface area contributed by atoms with Crippen molar-refractivity contribution in [1.29, 1.82) is 0 Å². The number of H-pyrrole nitrogens is 1. The topological polar surface area (TPSA) is 48.9 Å². The zero-order valence-corrected chi connectivity index (χ0v) is 5.31. The van der Waals surface area contributed by atoms with Gasteiger partial charge in [0.1, 0.15) is 0 Å². The summed E-state index contributed by atoms with van der Waals surface area (Å²) < 4.78 is 35.6. The molecule has 0 radical (unpaired) electrons. The van der Waals surface area contributed by atoms with Crippen LogP contribution in [0, 0.1) is 0 Å². The van der Waals surface area contributed by atoms with Gasteiger partial charge < -0.3 is 10.1 Å². The number of rotatable bonds is 1. The predicted molar refractivity (Wildman–Crippen MR) is 29.5 cm³/mol. The van der Waals surface area contributed by atoms with E-state index >= 15 is 0 Å². The monoisotopic (exact) mass is 166 g/mol. The zero-order chi connectivity index (χ0) is 8.48. The zero-order valence-electron chi connectivity index (χ0n) is 5.31. The van der Waals surface area contributed by atoms with Gasteiger partial charge in [0, 0.05) is 0 Å². The van der Waals surface area contributed by atoms with Crippen LogP contribution in [0.3, 0.4) is 0 Å². The summed E-state index contributed by atoms with van der Waals surface area (Å²) in [6, 6.07) is 0. The van der Waals surface area contributed by atoms with Crippen molar-refractivity contribution in [1.82, 2.24) is 9.97 Å². The number of aromatic amines is 1. The van der Waals surface area contributed by atoms with Crippen molar-refractivity contribution >= 4 is 0 Å². The van der Waals surface area contributed by atoms with Crippen LogP contribution < -0.4 is 0 Å². The predicted octanol–water partition coefficient (Wildman–Crippen LogP) is 0.921. The Morgan fingerprint density at radius 2 is 2.18 bits per heavy atom. The van der Waals surface area contributed by atoms with Crippen LogP contribution >= 0.6 is 0 Å². The van der Waals surface area contributed by atoms with Gasteiger partial charge in [-0.05, 0) is 0 Å². The molecule has 62 valence electrons. The molecule has 0 atom stereocenters. The number of halogens is 3. The Hall–Kier alpha value is -1.04. The number of nitrogens with one attached hydrogen (secondary N) is 1. The van der Waals surface area contributed by atoms with Gasteiger partial charge in [-0.15, -0.1) is 0 Å². The average Bonchev–Trinajstić information content (AvgIpc) is 2.31. The summed E-state index contributed by atoms with van der Waals surface area (Å²) in [5.41, 5.74) is -1.36. The van der Waals surface area contributed by atoms with Gasteiger partial charge in [0.15, 0.2) is 5.69 Å². The third-order valence-electron chi connectivity index (χ3n) is 1.14. The first-order valence-corrected chi connectivity index (χ1v) is 2.76. The summed E-state index contributed by atoms with van der Waals surface area (Å²) in [7, 11) is 0. The minimum atomic E-state index is -4.49. The molecule has 0 unspecified atom stereocenters. The van der Waals surface area contributed by atoms with Crippen LogP contribution in [0.25, 0.3) is 0 Å². The normalized spacial score (nSPS) is 12.0. The first-order chi connectivity index (χ1) is 5.05. The fourth-order valence-electron chi connectivity index (χ4n) is 0.686. The summed E-state index contributed by atoms with van der Waals surface area (Å²) in [4.78, 5) is 5.20. The number of alkyl halides is 3. The van der Waals surface area contributed by atoms with Crippen LogP contribution in [0.15, 0.2) is 6.33 Å². The molecule has 1 aromatic rings. The largest absolute Gasteiger partial charge is 0.435 e. The van der Waals surface area contributed by atoms with Gasteiger partial charge in [0.25, 0.3) is 0 Å². The molecule has 1 aromatic heterocycles. The number of aliphatic hydroxyl groups excluding tert-OH is 1. The van der Waals surface area contributed by atoms with E-state index in [1.807, 2.05) is 0 Å². The first kappa shape index (κ1) is 8.06. The van der Waals surface area contributed by atoms with Gasteiger partial charge in [-0.1, -0.05) is 0 Å². The number of imidazole rings is 1. The maximum atomic E-state index is 11.9. The van der Waals surface area contributed by atoms with Crippen LogP contribution in [0.1, 0.15) is 11.4 Å². The van der Waals surface area contributed by atoms with E-state index in [-0.39, 0.29) is 5.69 Å². The Labute approximate surface area is 59.9 Å². The first-order valence-electron chi connectivity index (χ1n) is 2.76. The van der Waals surface area contributed by atoms with Crippen LogP contribution in [0.4, 0.5) is 13.2 Å². The highest BCUT2D eigenvalue weighted by Crippen LogP contribution is 2.29. The van der Waals surface area contributed by atoms with E-state index in [1.54, 1.807) is 0 Å². The van der Waals surface area contributed by atoms with Gasteiger partial charge in [-0.3, -0.25) is 0 Å². The average molecular weight is 166 g/mol. The Bertz CT molecular complexity index is 242. The molecule has 0 aliphatic carbocycles. The van der Waals surface area contributed by atoms with E-state index in [4.69, 9.17) is 5.11 Å². The maximum absolute atomic E-state index is 11.9. The summed E-state index contributed by atoms with van der Waals surface area (Å²) in [6.07, 6.45) is -3.59. The lowest BCUT2D eigenvalue weighted by Crippen LogP contribution is -2.08. The third kappa shape index (κ3) is 1.51. The minimum Gasteiger partial charge on any atom is -0.390 e. The molecule has 0 saturated carbocycles. The molecule has 0 aromatic carbocycles. The van der Waals surface area contributed by atoms with Crippen molar-refractivity contribution in [2.24, 2.45) is 0 Å². The maximum Gasteiger partial charge on any atom is 0.435 e. The molecule has 0 aliphatic rings. The van der Waals surface area contributed by atoms with Crippen molar-refractivity contribution < 1.29 is 18.3 Å². The molecule has 0 fully saturated rings. The molecule has 0 spiro atoms. The highest BCUT2D eigenvalue weighted by molar-refractivity contribution is 5.13. The molecule has 0 saturated heterocycles. The molecule has 11 heavy (non-hydrogen) atoms.